The van der Waals surface area contributed by atoms with Crippen molar-refractivity contribution in [2.75, 3.05) is 20.6 Å². The molecule has 0 amide bonds. The normalized spacial score (nSPS) is 15.5. The minimum atomic E-state index is -3.35. The fourth-order valence-corrected chi connectivity index (χ4v) is 2.38. The topological polar surface area (TPSA) is 66.6 Å². The van der Waals surface area contributed by atoms with Crippen LogP contribution in [0.2, 0.25) is 0 Å². The lowest BCUT2D eigenvalue weighted by molar-refractivity contribution is 0.351. The van der Waals surface area contributed by atoms with Crippen LogP contribution in [0, 0.1) is 0 Å². The van der Waals surface area contributed by atoms with Crippen LogP contribution in [0.1, 0.15) is 20.8 Å². The molecule has 0 fully saturated rings. The van der Waals surface area contributed by atoms with E-state index in [0.717, 1.165) is 0 Å². The van der Waals surface area contributed by atoms with Crippen molar-refractivity contribution in [2.45, 2.75) is 32.9 Å². The summed E-state index contributed by atoms with van der Waals surface area (Å²) < 4.78 is 26.2. The van der Waals surface area contributed by atoms with E-state index in [0.29, 0.717) is 6.54 Å². The van der Waals surface area contributed by atoms with Crippen molar-refractivity contribution in [1.29, 1.82) is 0 Å². The molecule has 0 aromatic rings. The van der Waals surface area contributed by atoms with Gasteiger partial charge in [0.25, 0.3) is 10.2 Å². The summed E-state index contributed by atoms with van der Waals surface area (Å²) in [5.41, 5.74) is 5.54. The molecule has 0 aromatic carbocycles. The fraction of sp³-hybridized carbons (Fsp3) is 1.00. The van der Waals surface area contributed by atoms with E-state index in [9.17, 15) is 8.42 Å². The zero-order valence-corrected chi connectivity index (χ0v) is 10.4. The SMILES string of the molecule is CC(N)CN(C)S(=O)(=O)N(C)C(C)C. The van der Waals surface area contributed by atoms with Gasteiger partial charge in [-0.25, -0.2) is 0 Å². The molecule has 0 rings (SSSR count). The van der Waals surface area contributed by atoms with Crippen LogP contribution in [0.25, 0.3) is 0 Å². The molecule has 1 unspecified atom stereocenters. The molecule has 0 aliphatic carbocycles. The summed E-state index contributed by atoms with van der Waals surface area (Å²) in [6, 6.07) is -0.203. The van der Waals surface area contributed by atoms with Crippen LogP contribution in [0.15, 0.2) is 0 Å². The lowest BCUT2D eigenvalue weighted by atomic mass is 10.4. The van der Waals surface area contributed by atoms with Crippen LogP contribution in [-0.2, 0) is 10.2 Å². The van der Waals surface area contributed by atoms with Crippen molar-refractivity contribution in [2.24, 2.45) is 5.73 Å². The summed E-state index contributed by atoms with van der Waals surface area (Å²) in [5, 5.41) is 0. The molecule has 0 aromatic heterocycles. The van der Waals surface area contributed by atoms with E-state index in [-0.39, 0.29) is 12.1 Å². The van der Waals surface area contributed by atoms with Gasteiger partial charge in [-0.05, 0) is 20.8 Å². The predicted octanol–water partition coefficient (Wildman–Crippen LogP) is -0.150. The third-order valence-corrected chi connectivity index (χ3v) is 4.12. The van der Waals surface area contributed by atoms with E-state index in [2.05, 4.69) is 0 Å². The highest BCUT2D eigenvalue weighted by molar-refractivity contribution is 7.86. The van der Waals surface area contributed by atoms with Crippen LogP contribution >= 0.6 is 0 Å². The smallest absolute Gasteiger partial charge is 0.281 e. The maximum atomic E-state index is 11.8. The molecule has 1 atom stereocenters. The van der Waals surface area contributed by atoms with Crippen molar-refractivity contribution in [3.8, 4) is 0 Å². The molecule has 0 bridgehead atoms. The minimum absolute atomic E-state index is 0.0458. The standard InChI is InChI=1S/C8H21N3O2S/c1-7(2)11(5)14(12,13)10(4)6-8(3)9/h7-8H,6,9H2,1-5H3. The zero-order valence-electron chi connectivity index (χ0n) is 9.56. The van der Waals surface area contributed by atoms with Gasteiger partial charge in [0.05, 0.1) is 0 Å². The van der Waals surface area contributed by atoms with Gasteiger partial charge in [0.2, 0.25) is 0 Å². The molecule has 6 heteroatoms. The van der Waals surface area contributed by atoms with Gasteiger partial charge < -0.3 is 5.73 Å². The van der Waals surface area contributed by atoms with Crippen LogP contribution in [0.5, 0.6) is 0 Å². The Kier molecular flexibility index (Phi) is 5.00. The highest BCUT2D eigenvalue weighted by atomic mass is 32.2. The number of rotatable bonds is 5. The second kappa shape index (κ2) is 5.06. The first-order valence-corrected chi connectivity index (χ1v) is 6.04. The first-order chi connectivity index (χ1) is 6.19. The lowest BCUT2D eigenvalue weighted by Crippen LogP contribution is -2.46. The van der Waals surface area contributed by atoms with Gasteiger partial charge in [0.1, 0.15) is 0 Å². The Morgan fingerprint density at radius 3 is 1.93 bits per heavy atom. The Balaban J connectivity index is 4.62. The zero-order chi connectivity index (χ0) is 11.5. The fourth-order valence-electron chi connectivity index (χ4n) is 0.986. The van der Waals surface area contributed by atoms with Gasteiger partial charge in [-0.15, -0.1) is 0 Å². The van der Waals surface area contributed by atoms with Gasteiger partial charge in [0, 0.05) is 32.7 Å². The molecule has 14 heavy (non-hydrogen) atoms. The summed E-state index contributed by atoms with van der Waals surface area (Å²) in [7, 11) is -0.240. The Bertz CT molecular complexity index is 262. The summed E-state index contributed by atoms with van der Waals surface area (Å²) in [6.07, 6.45) is 0. The van der Waals surface area contributed by atoms with Gasteiger partial charge in [-0.3, -0.25) is 0 Å². The van der Waals surface area contributed by atoms with Crippen molar-refractivity contribution in [3.05, 3.63) is 0 Å². The average Bonchev–Trinajstić information content (AvgIpc) is 2.01. The van der Waals surface area contributed by atoms with E-state index in [1.807, 2.05) is 13.8 Å². The Labute approximate surface area is 87.0 Å². The molecule has 0 aliphatic heterocycles. The van der Waals surface area contributed by atoms with Gasteiger partial charge in [0.15, 0.2) is 0 Å². The molecule has 0 saturated heterocycles. The average molecular weight is 223 g/mol. The maximum Gasteiger partial charge on any atom is 0.281 e. The second-order valence-corrected chi connectivity index (χ2v) is 5.97. The molecule has 86 valence electrons. The van der Waals surface area contributed by atoms with E-state index >= 15 is 0 Å². The second-order valence-electron chi connectivity index (χ2n) is 3.88. The van der Waals surface area contributed by atoms with Crippen LogP contribution < -0.4 is 5.73 Å². The summed E-state index contributed by atoms with van der Waals surface area (Å²) in [5.74, 6) is 0. The molecule has 5 nitrogen and oxygen atoms in total. The van der Waals surface area contributed by atoms with E-state index in [4.69, 9.17) is 5.73 Å². The van der Waals surface area contributed by atoms with Crippen molar-refractivity contribution < 1.29 is 8.42 Å². The maximum absolute atomic E-state index is 11.8. The Hall–Kier alpha value is -0.170. The number of nitrogens with two attached hydrogens (primary N) is 1. The quantitative estimate of drug-likeness (QED) is 0.705. The largest absolute Gasteiger partial charge is 0.327 e. The van der Waals surface area contributed by atoms with Gasteiger partial charge >= 0.3 is 0 Å². The lowest BCUT2D eigenvalue weighted by Gasteiger charge is -2.27. The third kappa shape index (κ3) is 3.53. The Morgan fingerprint density at radius 1 is 1.21 bits per heavy atom. The summed E-state index contributed by atoms with van der Waals surface area (Å²) in [6.45, 7) is 5.77. The van der Waals surface area contributed by atoms with Crippen molar-refractivity contribution in [1.82, 2.24) is 8.61 Å². The van der Waals surface area contributed by atoms with Gasteiger partial charge in [-0.2, -0.15) is 17.0 Å². The Morgan fingerprint density at radius 2 is 1.64 bits per heavy atom. The number of likely N-dealkylation sites (N-methyl/N-ethyl adjacent to an activating group) is 1. The molecular weight excluding hydrogens is 202 g/mol. The van der Waals surface area contributed by atoms with Crippen LogP contribution in [0.3, 0.4) is 0 Å². The molecular formula is C8H21N3O2S. The van der Waals surface area contributed by atoms with Crippen LogP contribution in [-0.4, -0.2) is 49.8 Å². The van der Waals surface area contributed by atoms with Crippen LogP contribution in [0.4, 0.5) is 0 Å². The molecule has 0 saturated carbocycles. The molecule has 0 radical (unpaired) electrons. The highest BCUT2D eigenvalue weighted by Gasteiger charge is 2.25. The third-order valence-electron chi connectivity index (χ3n) is 2.03. The van der Waals surface area contributed by atoms with Crippen molar-refractivity contribution >= 4 is 10.2 Å². The monoisotopic (exact) mass is 223 g/mol. The molecule has 0 heterocycles. The molecule has 0 spiro atoms. The van der Waals surface area contributed by atoms with E-state index < -0.39 is 10.2 Å². The number of nitrogens with zero attached hydrogens (tertiary/aromatic N) is 2. The first-order valence-electron chi connectivity index (χ1n) is 4.64. The van der Waals surface area contributed by atoms with E-state index in [1.54, 1.807) is 14.0 Å². The summed E-state index contributed by atoms with van der Waals surface area (Å²) >= 11 is 0. The molecule has 2 N–H and O–H groups in total. The number of hydrogen-bond acceptors (Lipinski definition) is 3. The van der Waals surface area contributed by atoms with E-state index in [1.165, 1.54) is 15.7 Å². The number of hydrogen-bond donors (Lipinski definition) is 1. The first kappa shape index (κ1) is 13.8. The molecule has 0 aliphatic rings. The van der Waals surface area contributed by atoms with Crippen molar-refractivity contribution in [3.63, 3.8) is 0 Å². The van der Waals surface area contributed by atoms with Gasteiger partial charge in [-0.1, -0.05) is 0 Å². The summed E-state index contributed by atoms with van der Waals surface area (Å²) in [4.78, 5) is 0. The highest BCUT2D eigenvalue weighted by Crippen LogP contribution is 2.07. The minimum Gasteiger partial charge on any atom is -0.327 e. The predicted molar refractivity (Wildman–Crippen MR) is 58.1 cm³/mol.